The first-order valence-corrected chi connectivity index (χ1v) is 8.90. The predicted octanol–water partition coefficient (Wildman–Crippen LogP) is 4.67. The zero-order valence-electron chi connectivity index (χ0n) is 16.9. The number of hydrogen-bond donors (Lipinski definition) is 0. The van der Waals surface area contributed by atoms with Crippen molar-refractivity contribution in [3.05, 3.63) is 46.7 Å². The van der Waals surface area contributed by atoms with Crippen LogP contribution < -0.4 is 9.47 Å². The number of hydrogen-bond acceptors (Lipinski definition) is 4. The van der Waals surface area contributed by atoms with E-state index >= 15 is 0 Å². The van der Waals surface area contributed by atoms with Crippen LogP contribution in [0.5, 0.6) is 11.5 Å². The lowest BCUT2D eigenvalue weighted by Crippen LogP contribution is -2.51. The molecule has 0 N–H and O–H groups in total. The molecular weight excluding hydrogens is 328 g/mol. The summed E-state index contributed by atoms with van der Waals surface area (Å²) in [5.74, 6) is 2.10. The van der Waals surface area contributed by atoms with Gasteiger partial charge in [-0.05, 0) is 29.0 Å². The van der Waals surface area contributed by atoms with Crippen molar-refractivity contribution in [1.29, 1.82) is 0 Å². The summed E-state index contributed by atoms with van der Waals surface area (Å²) in [6.07, 6.45) is 3.60. The van der Waals surface area contributed by atoms with E-state index in [1.54, 1.807) is 20.3 Å². The lowest BCUT2D eigenvalue weighted by atomic mass is 9.69. The zero-order valence-corrected chi connectivity index (χ0v) is 16.9. The van der Waals surface area contributed by atoms with Crippen LogP contribution in [0.3, 0.4) is 0 Å². The lowest BCUT2D eigenvalue weighted by Gasteiger charge is -2.46. The Hall–Kier alpha value is -2.23. The highest BCUT2D eigenvalue weighted by Crippen LogP contribution is 2.55. The van der Waals surface area contributed by atoms with Crippen molar-refractivity contribution in [2.45, 2.75) is 52.6 Å². The second kappa shape index (κ2) is 5.63. The van der Waals surface area contributed by atoms with E-state index in [1.165, 1.54) is 0 Å². The molecule has 0 saturated heterocycles. The Labute approximate surface area is 155 Å². The highest BCUT2D eigenvalue weighted by Gasteiger charge is 2.56. The van der Waals surface area contributed by atoms with Crippen molar-refractivity contribution in [1.82, 2.24) is 0 Å². The van der Waals surface area contributed by atoms with Gasteiger partial charge in [0.05, 0.1) is 19.8 Å². The van der Waals surface area contributed by atoms with Crippen LogP contribution in [0.25, 0.3) is 0 Å². The van der Waals surface area contributed by atoms with Gasteiger partial charge in [-0.15, -0.1) is 0 Å². The van der Waals surface area contributed by atoms with Crippen molar-refractivity contribution >= 4 is 5.78 Å². The van der Waals surface area contributed by atoms with E-state index in [0.717, 1.165) is 22.6 Å². The second-order valence-electron chi connectivity index (χ2n) is 9.03. The SMILES string of the molecule is COC1=CC2(Oc3c(C(C)(C)C)cc(OC)cc32)C(=O)C(C(C)(C)C)=C1. The molecule has 1 aromatic rings. The van der Waals surface area contributed by atoms with Gasteiger partial charge in [-0.25, -0.2) is 0 Å². The van der Waals surface area contributed by atoms with Crippen LogP contribution >= 0.6 is 0 Å². The number of carbonyl (C=O) groups excluding carboxylic acids is 1. The van der Waals surface area contributed by atoms with E-state index in [1.807, 2.05) is 39.0 Å². The summed E-state index contributed by atoms with van der Waals surface area (Å²) in [4.78, 5) is 13.4. The first-order chi connectivity index (χ1) is 11.9. The highest BCUT2D eigenvalue weighted by atomic mass is 16.5. The van der Waals surface area contributed by atoms with Crippen molar-refractivity contribution in [2.24, 2.45) is 5.41 Å². The third-order valence-corrected chi connectivity index (χ3v) is 5.03. The summed E-state index contributed by atoms with van der Waals surface area (Å²) in [6.45, 7) is 12.4. The van der Waals surface area contributed by atoms with Crippen molar-refractivity contribution < 1.29 is 19.0 Å². The number of methoxy groups -OCH3 is 2. The number of allylic oxidation sites excluding steroid dienone is 1. The Bertz CT molecular complexity index is 831. The molecule has 0 amide bonds. The quantitative estimate of drug-likeness (QED) is 0.773. The van der Waals surface area contributed by atoms with E-state index in [-0.39, 0.29) is 16.6 Å². The Morgan fingerprint density at radius 2 is 1.62 bits per heavy atom. The number of ether oxygens (including phenoxy) is 3. The fourth-order valence-electron chi connectivity index (χ4n) is 3.50. The number of fused-ring (bicyclic) bond motifs is 2. The maximum Gasteiger partial charge on any atom is 0.222 e. The van der Waals surface area contributed by atoms with Crippen LogP contribution in [-0.4, -0.2) is 20.0 Å². The molecule has 140 valence electrons. The fourth-order valence-corrected chi connectivity index (χ4v) is 3.50. The molecule has 1 unspecified atom stereocenters. The van der Waals surface area contributed by atoms with Crippen molar-refractivity contribution in [3.8, 4) is 11.5 Å². The Kier molecular flexibility index (Phi) is 4.02. The number of benzene rings is 1. The van der Waals surface area contributed by atoms with Crippen LogP contribution in [-0.2, 0) is 20.5 Å². The van der Waals surface area contributed by atoms with Crippen LogP contribution in [0.15, 0.2) is 35.6 Å². The molecule has 1 atom stereocenters. The van der Waals surface area contributed by atoms with E-state index in [0.29, 0.717) is 11.3 Å². The maximum absolute atomic E-state index is 13.4. The van der Waals surface area contributed by atoms with Gasteiger partial charge < -0.3 is 14.2 Å². The second-order valence-corrected chi connectivity index (χ2v) is 9.03. The summed E-state index contributed by atoms with van der Waals surface area (Å²) < 4.78 is 17.2. The van der Waals surface area contributed by atoms with Crippen molar-refractivity contribution in [3.63, 3.8) is 0 Å². The Morgan fingerprint density at radius 3 is 2.12 bits per heavy atom. The van der Waals surface area contributed by atoms with Crippen molar-refractivity contribution in [2.75, 3.05) is 14.2 Å². The molecule has 0 radical (unpaired) electrons. The minimum Gasteiger partial charge on any atom is -0.497 e. The number of ketones is 1. The normalized spacial score (nSPS) is 22.1. The molecular formula is C22H28O4. The van der Waals surface area contributed by atoms with Gasteiger partial charge in [0.1, 0.15) is 17.3 Å². The van der Waals surface area contributed by atoms with Crippen LogP contribution in [0.1, 0.15) is 52.7 Å². The highest BCUT2D eigenvalue weighted by molar-refractivity contribution is 6.08. The molecule has 0 aromatic heterocycles. The molecule has 0 bridgehead atoms. The van der Waals surface area contributed by atoms with Gasteiger partial charge in [0.25, 0.3) is 0 Å². The van der Waals surface area contributed by atoms with Gasteiger partial charge in [0.15, 0.2) is 0 Å². The molecule has 2 aliphatic rings. The predicted molar refractivity (Wildman–Crippen MR) is 102 cm³/mol. The summed E-state index contributed by atoms with van der Waals surface area (Å²) in [5, 5.41) is 0. The number of carbonyl (C=O) groups is 1. The molecule has 0 fully saturated rings. The molecule has 1 aromatic carbocycles. The van der Waals surface area contributed by atoms with Gasteiger partial charge in [-0.3, -0.25) is 4.79 Å². The van der Waals surface area contributed by atoms with Gasteiger partial charge in [-0.2, -0.15) is 0 Å². The lowest BCUT2D eigenvalue weighted by molar-refractivity contribution is -0.132. The van der Waals surface area contributed by atoms with Crippen LogP contribution in [0.4, 0.5) is 0 Å². The summed E-state index contributed by atoms with van der Waals surface area (Å²) in [6, 6.07) is 3.89. The molecule has 26 heavy (non-hydrogen) atoms. The topological polar surface area (TPSA) is 44.8 Å². The third kappa shape index (κ3) is 2.63. The minimum absolute atomic E-state index is 0.0357. The first-order valence-electron chi connectivity index (χ1n) is 8.90. The Balaban J connectivity index is 2.22. The number of rotatable bonds is 2. The molecule has 4 heteroatoms. The third-order valence-electron chi connectivity index (χ3n) is 5.03. The standard InChI is InChI=1S/C22H28O4/c1-20(2,3)15-9-13(24-7)10-16-18(15)26-22(16)12-14(25-8)11-17(19(22)23)21(4,5)6/h9-12H,1-8H3. The van der Waals surface area contributed by atoms with Gasteiger partial charge >= 0.3 is 0 Å². The van der Waals surface area contributed by atoms with Gasteiger partial charge in [-0.1, -0.05) is 41.5 Å². The molecule has 1 heterocycles. The maximum atomic E-state index is 13.4. The van der Waals surface area contributed by atoms with Crippen LogP contribution in [0.2, 0.25) is 0 Å². The van der Waals surface area contributed by atoms with E-state index in [4.69, 9.17) is 14.2 Å². The molecule has 3 rings (SSSR count). The van der Waals surface area contributed by atoms with Crippen LogP contribution in [0, 0.1) is 5.41 Å². The first kappa shape index (κ1) is 18.6. The summed E-state index contributed by atoms with van der Waals surface area (Å²) >= 11 is 0. The molecule has 0 saturated carbocycles. The molecule has 1 spiro atoms. The summed E-state index contributed by atoms with van der Waals surface area (Å²) in [5.41, 5.74) is 0.997. The van der Waals surface area contributed by atoms with E-state index in [9.17, 15) is 4.79 Å². The van der Waals surface area contributed by atoms with Gasteiger partial charge in [0, 0.05) is 17.2 Å². The molecule has 1 aliphatic heterocycles. The Morgan fingerprint density at radius 1 is 0.962 bits per heavy atom. The number of Topliss-reactive ketones (excluding diaryl/α,β-unsaturated/α-hetero) is 1. The van der Waals surface area contributed by atoms with E-state index < -0.39 is 5.60 Å². The smallest absolute Gasteiger partial charge is 0.222 e. The molecule has 1 aliphatic carbocycles. The van der Waals surface area contributed by atoms with E-state index in [2.05, 4.69) is 20.8 Å². The summed E-state index contributed by atoms with van der Waals surface area (Å²) in [7, 11) is 3.25. The molecule has 4 nitrogen and oxygen atoms in total. The minimum atomic E-state index is -1.13. The largest absolute Gasteiger partial charge is 0.497 e. The van der Waals surface area contributed by atoms with Gasteiger partial charge in [0.2, 0.25) is 11.4 Å². The fraction of sp³-hybridized carbons (Fsp3) is 0.500. The average Bonchev–Trinajstić information content (AvgIpc) is 2.52. The zero-order chi connectivity index (χ0) is 19.5. The average molecular weight is 356 g/mol. The monoisotopic (exact) mass is 356 g/mol.